The van der Waals surface area contributed by atoms with Gasteiger partial charge in [0.2, 0.25) is 0 Å². The van der Waals surface area contributed by atoms with Crippen LogP contribution < -0.4 is 0 Å². The summed E-state index contributed by atoms with van der Waals surface area (Å²) in [6.45, 7) is 1.44. The van der Waals surface area contributed by atoms with Gasteiger partial charge in [-0.1, -0.05) is 18.2 Å². The van der Waals surface area contributed by atoms with Gasteiger partial charge in [-0.25, -0.2) is 8.42 Å². The molecule has 2 rings (SSSR count). The van der Waals surface area contributed by atoms with Crippen LogP contribution in [-0.4, -0.2) is 18.9 Å². The Bertz CT molecular complexity index is 645. The van der Waals surface area contributed by atoms with Gasteiger partial charge in [0.25, 0.3) is 0 Å². The third-order valence-electron chi connectivity index (χ3n) is 4.10. The maximum Gasteiger partial charge on any atom is 0.197 e. The molecule has 1 saturated carbocycles. The Kier molecular flexibility index (Phi) is 3.96. The molecule has 0 radical (unpaired) electrons. The lowest BCUT2D eigenvalue weighted by Crippen LogP contribution is -2.43. The molecule has 2 atom stereocenters. The van der Waals surface area contributed by atoms with Gasteiger partial charge in [0.1, 0.15) is 5.78 Å². The van der Waals surface area contributed by atoms with Crippen LogP contribution in [0.2, 0.25) is 0 Å². The molecule has 1 aromatic carbocycles. The molecule has 0 aliphatic heterocycles. The highest BCUT2D eigenvalue weighted by atomic mass is 32.2. The van der Waals surface area contributed by atoms with Crippen LogP contribution in [0.5, 0.6) is 0 Å². The van der Waals surface area contributed by atoms with Crippen molar-refractivity contribution in [3.8, 4) is 6.07 Å². The second kappa shape index (κ2) is 5.37. The van der Waals surface area contributed by atoms with Crippen molar-refractivity contribution in [2.75, 3.05) is 0 Å². The fourth-order valence-corrected chi connectivity index (χ4v) is 4.48. The first kappa shape index (κ1) is 14.7. The molecular formula is C15H17NO3S. The van der Waals surface area contributed by atoms with Crippen molar-refractivity contribution >= 4 is 15.6 Å². The summed E-state index contributed by atoms with van der Waals surface area (Å²) in [6.07, 6.45) is 1.92. The van der Waals surface area contributed by atoms with Gasteiger partial charge < -0.3 is 0 Å². The molecule has 1 fully saturated rings. The topological polar surface area (TPSA) is 75.0 Å². The number of hydrogen-bond acceptors (Lipinski definition) is 4. The average Bonchev–Trinajstić information content (AvgIpc) is 2.47. The first-order valence-electron chi connectivity index (χ1n) is 6.64. The number of hydrogen-bond donors (Lipinski definition) is 0. The van der Waals surface area contributed by atoms with Crippen molar-refractivity contribution in [2.45, 2.75) is 42.2 Å². The summed E-state index contributed by atoms with van der Waals surface area (Å²) in [4.78, 5) is 11.7. The van der Waals surface area contributed by atoms with E-state index in [0.717, 1.165) is 0 Å². The molecule has 0 heterocycles. The lowest BCUT2D eigenvalue weighted by atomic mass is 9.80. The molecule has 0 aromatic heterocycles. The van der Waals surface area contributed by atoms with Gasteiger partial charge in [0.05, 0.1) is 11.0 Å². The highest BCUT2D eigenvalue weighted by Gasteiger charge is 2.48. The van der Waals surface area contributed by atoms with Crippen LogP contribution in [0.3, 0.4) is 0 Å². The Balaban J connectivity index is 2.45. The van der Waals surface area contributed by atoms with Crippen molar-refractivity contribution in [3.05, 3.63) is 30.3 Å². The Labute approximate surface area is 119 Å². The predicted molar refractivity (Wildman–Crippen MR) is 74.6 cm³/mol. The largest absolute Gasteiger partial charge is 0.300 e. The number of nitrogens with zero attached hydrogens (tertiary/aromatic N) is 1. The van der Waals surface area contributed by atoms with Gasteiger partial charge in [-0.2, -0.15) is 5.26 Å². The lowest BCUT2D eigenvalue weighted by Gasteiger charge is -2.33. The molecule has 0 spiro atoms. The molecule has 0 amide bonds. The van der Waals surface area contributed by atoms with Crippen LogP contribution in [0.25, 0.3) is 0 Å². The van der Waals surface area contributed by atoms with Crippen LogP contribution in [0.4, 0.5) is 0 Å². The summed E-state index contributed by atoms with van der Waals surface area (Å²) < 4.78 is 24.0. The van der Waals surface area contributed by atoms with E-state index < -0.39 is 20.5 Å². The maximum atomic E-state index is 12.8. The van der Waals surface area contributed by atoms with Crippen molar-refractivity contribution in [2.24, 2.45) is 5.92 Å². The zero-order chi connectivity index (χ0) is 14.8. The van der Waals surface area contributed by atoms with Crippen molar-refractivity contribution in [1.29, 1.82) is 5.26 Å². The van der Waals surface area contributed by atoms with E-state index in [-0.39, 0.29) is 17.1 Å². The van der Waals surface area contributed by atoms with E-state index in [9.17, 15) is 18.5 Å². The monoisotopic (exact) mass is 291 g/mol. The summed E-state index contributed by atoms with van der Waals surface area (Å²) in [7, 11) is -3.79. The molecule has 20 heavy (non-hydrogen) atoms. The number of nitriles is 1. The predicted octanol–water partition coefficient (Wildman–Crippen LogP) is 2.50. The summed E-state index contributed by atoms with van der Waals surface area (Å²) in [6, 6.07) is 9.96. The van der Waals surface area contributed by atoms with Crippen molar-refractivity contribution in [1.82, 2.24) is 0 Å². The van der Waals surface area contributed by atoms with Crippen LogP contribution in [0, 0.1) is 17.2 Å². The smallest absolute Gasteiger partial charge is 0.197 e. The fraction of sp³-hybridized carbons (Fsp3) is 0.467. The first-order valence-corrected chi connectivity index (χ1v) is 8.13. The molecule has 0 N–H and O–H groups in total. The Morgan fingerprint density at radius 3 is 2.50 bits per heavy atom. The van der Waals surface area contributed by atoms with E-state index in [4.69, 9.17) is 0 Å². The van der Waals surface area contributed by atoms with E-state index in [2.05, 4.69) is 0 Å². The van der Waals surface area contributed by atoms with E-state index in [1.807, 2.05) is 6.07 Å². The summed E-state index contributed by atoms with van der Waals surface area (Å²) in [5, 5.41) is 9.48. The van der Waals surface area contributed by atoms with Crippen LogP contribution in [0.1, 0.15) is 32.6 Å². The summed E-state index contributed by atoms with van der Waals surface area (Å²) in [5.41, 5.74) is 0. The zero-order valence-corrected chi connectivity index (χ0v) is 12.2. The SMILES string of the molecule is C[C@@](C#N)([C@@H]1CCCC(=O)C1)S(=O)(=O)c1ccccc1. The highest BCUT2D eigenvalue weighted by molar-refractivity contribution is 7.93. The number of carbonyl (C=O) groups excluding carboxylic acids is 1. The van der Waals surface area contributed by atoms with Gasteiger partial charge >= 0.3 is 0 Å². The fourth-order valence-electron chi connectivity index (χ4n) is 2.71. The molecular weight excluding hydrogens is 274 g/mol. The second-order valence-electron chi connectivity index (χ2n) is 5.37. The third-order valence-corrected chi connectivity index (χ3v) is 6.53. The molecule has 106 valence electrons. The quantitative estimate of drug-likeness (QED) is 0.857. The van der Waals surface area contributed by atoms with Gasteiger partial charge in [-0.05, 0) is 37.8 Å². The molecule has 0 bridgehead atoms. The highest BCUT2D eigenvalue weighted by Crippen LogP contribution is 2.39. The number of rotatable bonds is 3. The minimum Gasteiger partial charge on any atom is -0.300 e. The number of sulfone groups is 1. The maximum absolute atomic E-state index is 12.8. The lowest BCUT2D eigenvalue weighted by molar-refractivity contribution is -0.121. The van der Waals surface area contributed by atoms with Crippen molar-refractivity contribution < 1.29 is 13.2 Å². The van der Waals surface area contributed by atoms with Crippen LogP contribution in [0.15, 0.2) is 35.2 Å². The molecule has 0 unspecified atom stereocenters. The number of Topliss-reactive ketones (excluding diaryl/α,β-unsaturated/α-hetero) is 1. The normalized spacial score (nSPS) is 22.8. The van der Waals surface area contributed by atoms with E-state index in [0.29, 0.717) is 19.3 Å². The van der Waals surface area contributed by atoms with E-state index in [1.54, 1.807) is 18.2 Å². The van der Waals surface area contributed by atoms with Gasteiger partial charge in [0.15, 0.2) is 14.6 Å². The van der Waals surface area contributed by atoms with Crippen LogP contribution >= 0.6 is 0 Å². The minimum atomic E-state index is -3.79. The van der Waals surface area contributed by atoms with E-state index in [1.165, 1.54) is 19.1 Å². The molecule has 0 saturated heterocycles. The van der Waals surface area contributed by atoms with Gasteiger partial charge in [-0.3, -0.25) is 4.79 Å². The molecule has 1 aromatic rings. The molecule has 4 nitrogen and oxygen atoms in total. The van der Waals surface area contributed by atoms with E-state index >= 15 is 0 Å². The van der Waals surface area contributed by atoms with Gasteiger partial charge in [-0.15, -0.1) is 0 Å². The minimum absolute atomic E-state index is 0.0472. The standard InChI is InChI=1S/C15H17NO3S/c1-15(11-16,12-6-5-7-13(17)10-12)20(18,19)14-8-3-2-4-9-14/h2-4,8-9,12H,5-7,10H2,1H3/t12-,15-/m1/s1. The molecule has 5 heteroatoms. The number of ketones is 1. The number of carbonyl (C=O) groups is 1. The number of benzene rings is 1. The van der Waals surface area contributed by atoms with Crippen LogP contribution in [-0.2, 0) is 14.6 Å². The van der Waals surface area contributed by atoms with Gasteiger partial charge in [0, 0.05) is 12.8 Å². The Hall–Kier alpha value is -1.67. The molecule has 1 aliphatic carbocycles. The summed E-state index contributed by atoms with van der Waals surface area (Å²) in [5.74, 6) is -0.384. The molecule has 1 aliphatic rings. The zero-order valence-electron chi connectivity index (χ0n) is 11.4. The summed E-state index contributed by atoms with van der Waals surface area (Å²) >= 11 is 0. The average molecular weight is 291 g/mol. The third kappa shape index (κ3) is 2.36. The second-order valence-corrected chi connectivity index (χ2v) is 7.69. The Morgan fingerprint density at radius 1 is 1.30 bits per heavy atom. The van der Waals surface area contributed by atoms with Crippen molar-refractivity contribution in [3.63, 3.8) is 0 Å². The Morgan fingerprint density at radius 2 is 1.95 bits per heavy atom. The first-order chi connectivity index (χ1) is 9.41.